The summed E-state index contributed by atoms with van der Waals surface area (Å²) in [6, 6.07) is 0. The van der Waals surface area contributed by atoms with Crippen molar-refractivity contribution in [3.8, 4) is 0 Å². The normalized spacial score (nSPS) is 35.7. The summed E-state index contributed by atoms with van der Waals surface area (Å²) in [4.78, 5) is 23.1. The molecule has 1 aliphatic heterocycles. The maximum absolute atomic E-state index is 11.8. The zero-order valence-corrected chi connectivity index (χ0v) is 13.6. The van der Waals surface area contributed by atoms with Crippen LogP contribution in [-0.2, 0) is 33.4 Å². The molecular formula is C14H20O7S. The number of rotatable bonds is 4. The van der Waals surface area contributed by atoms with E-state index in [-0.39, 0.29) is 23.2 Å². The minimum Gasteiger partial charge on any atom is -0.456 e. The Labute approximate surface area is 129 Å². The van der Waals surface area contributed by atoms with Crippen LogP contribution in [0.5, 0.6) is 0 Å². The number of carbonyl (C=O) groups excluding carboxylic acids is 2. The summed E-state index contributed by atoms with van der Waals surface area (Å²) < 4.78 is 38.8. The third-order valence-corrected chi connectivity index (χ3v) is 5.73. The highest BCUT2D eigenvalue weighted by Crippen LogP contribution is 2.49. The molecule has 0 N–H and O–H groups in total. The molecule has 8 heteroatoms. The average Bonchev–Trinajstić information content (AvgIpc) is 2.52. The van der Waals surface area contributed by atoms with Crippen molar-refractivity contribution in [2.24, 2.45) is 11.8 Å². The van der Waals surface area contributed by atoms with Crippen LogP contribution in [0.3, 0.4) is 0 Å². The zero-order valence-electron chi connectivity index (χ0n) is 12.8. The molecule has 2 fully saturated rings. The maximum atomic E-state index is 11.8. The van der Waals surface area contributed by atoms with Crippen molar-refractivity contribution in [3.05, 3.63) is 12.2 Å². The van der Waals surface area contributed by atoms with E-state index in [0.717, 1.165) is 0 Å². The van der Waals surface area contributed by atoms with Crippen LogP contribution >= 0.6 is 0 Å². The standard InChI is InChI=1S/C14H20O7S/c1-8(2)13(16)19-6-11(15)20-12-10-5-9(3)14(12,4)21-22(17,18)7-10/h9-10,12H,1,5-7H2,2-4H3. The first-order valence-electron chi connectivity index (χ1n) is 7.00. The molecule has 124 valence electrons. The highest BCUT2D eigenvalue weighted by atomic mass is 32.2. The van der Waals surface area contributed by atoms with Gasteiger partial charge in [0.25, 0.3) is 10.1 Å². The Bertz CT molecular complexity index is 609. The van der Waals surface area contributed by atoms with Gasteiger partial charge in [-0.2, -0.15) is 8.42 Å². The Morgan fingerprint density at radius 2 is 2.05 bits per heavy atom. The van der Waals surface area contributed by atoms with Gasteiger partial charge in [-0.1, -0.05) is 13.5 Å². The molecule has 0 spiro atoms. The number of fused-ring (bicyclic) bond motifs is 2. The topological polar surface area (TPSA) is 96.0 Å². The lowest BCUT2D eigenvalue weighted by Gasteiger charge is -2.38. The SMILES string of the molecule is C=C(C)C(=O)OCC(=O)OC1C2CC(C)C1(C)OS(=O)(=O)C2. The monoisotopic (exact) mass is 332 g/mol. The molecule has 1 heterocycles. The van der Waals surface area contributed by atoms with E-state index in [9.17, 15) is 18.0 Å². The molecule has 1 saturated carbocycles. The molecule has 7 nitrogen and oxygen atoms in total. The van der Waals surface area contributed by atoms with Crippen molar-refractivity contribution < 1.29 is 31.7 Å². The van der Waals surface area contributed by atoms with E-state index < -0.39 is 40.4 Å². The second kappa shape index (κ2) is 5.66. The van der Waals surface area contributed by atoms with Gasteiger partial charge in [-0.05, 0) is 26.2 Å². The Morgan fingerprint density at radius 1 is 1.41 bits per heavy atom. The predicted molar refractivity (Wildman–Crippen MR) is 76.2 cm³/mol. The molecule has 1 aliphatic carbocycles. The second-order valence-electron chi connectivity index (χ2n) is 6.16. The molecule has 22 heavy (non-hydrogen) atoms. The fourth-order valence-corrected chi connectivity index (χ4v) is 4.76. The third kappa shape index (κ3) is 3.17. The molecule has 2 bridgehead atoms. The highest BCUT2D eigenvalue weighted by molar-refractivity contribution is 7.86. The fraction of sp³-hybridized carbons (Fsp3) is 0.714. The van der Waals surface area contributed by atoms with Gasteiger partial charge >= 0.3 is 11.9 Å². The van der Waals surface area contributed by atoms with Crippen LogP contribution in [0.2, 0.25) is 0 Å². The number of hydrogen-bond acceptors (Lipinski definition) is 7. The third-order valence-electron chi connectivity index (χ3n) is 4.28. The van der Waals surface area contributed by atoms with Crippen LogP contribution < -0.4 is 0 Å². The number of carbonyl (C=O) groups is 2. The first-order chi connectivity index (χ1) is 10.0. The molecule has 2 rings (SSSR count). The van der Waals surface area contributed by atoms with Crippen molar-refractivity contribution in [1.82, 2.24) is 0 Å². The molecular weight excluding hydrogens is 312 g/mol. The molecule has 2 aliphatic rings. The van der Waals surface area contributed by atoms with E-state index >= 15 is 0 Å². The molecule has 4 atom stereocenters. The van der Waals surface area contributed by atoms with Crippen molar-refractivity contribution in [2.75, 3.05) is 12.4 Å². The van der Waals surface area contributed by atoms with E-state index in [1.165, 1.54) is 6.92 Å². The fourth-order valence-electron chi connectivity index (χ4n) is 3.05. The number of esters is 2. The molecule has 4 unspecified atom stereocenters. The molecule has 0 radical (unpaired) electrons. The summed E-state index contributed by atoms with van der Waals surface area (Å²) in [5, 5.41) is 0. The summed E-state index contributed by atoms with van der Waals surface area (Å²) >= 11 is 0. The van der Waals surface area contributed by atoms with Crippen LogP contribution in [0, 0.1) is 11.8 Å². The maximum Gasteiger partial charge on any atom is 0.344 e. The minimum atomic E-state index is -3.60. The number of ether oxygens (including phenoxy) is 2. The van der Waals surface area contributed by atoms with Gasteiger partial charge in [0, 0.05) is 11.5 Å². The van der Waals surface area contributed by atoms with Crippen molar-refractivity contribution in [3.63, 3.8) is 0 Å². The summed E-state index contributed by atoms with van der Waals surface area (Å²) in [6.07, 6.45) is -0.0683. The van der Waals surface area contributed by atoms with Crippen LogP contribution in [-0.4, -0.2) is 44.4 Å². The van der Waals surface area contributed by atoms with Crippen molar-refractivity contribution >= 4 is 22.1 Å². The van der Waals surface area contributed by atoms with E-state index in [4.69, 9.17) is 13.7 Å². The van der Waals surface area contributed by atoms with Gasteiger partial charge in [0.1, 0.15) is 11.7 Å². The lowest BCUT2D eigenvalue weighted by Crippen LogP contribution is -2.52. The van der Waals surface area contributed by atoms with Crippen LogP contribution in [0.1, 0.15) is 27.2 Å². The summed E-state index contributed by atoms with van der Waals surface area (Å²) in [5.41, 5.74) is -0.893. The summed E-state index contributed by atoms with van der Waals surface area (Å²) in [5.74, 6) is -1.95. The van der Waals surface area contributed by atoms with Gasteiger partial charge in [-0.3, -0.25) is 4.18 Å². The smallest absolute Gasteiger partial charge is 0.344 e. The van der Waals surface area contributed by atoms with E-state index in [1.807, 2.05) is 6.92 Å². The molecule has 0 aromatic heterocycles. The van der Waals surface area contributed by atoms with Crippen LogP contribution in [0.25, 0.3) is 0 Å². The first-order valence-corrected chi connectivity index (χ1v) is 8.58. The van der Waals surface area contributed by atoms with Crippen LogP contribution in [0.15, 0.2) is 12.2 Å². The van der Waals surface area contributed by atoms with E-state index in [0.29, 0.717) is 6.42 Å². The van der Waals surface area contributed by atoms with Gasteiger partial charge in [0.05, 0.1) is 5.75 Å². The highest BCUT2D eigenvalue weighted by Gasteiger charge is 2.60. The van der Waals surface area contributed by atoms with E-state index in [1.54, 1.807) is 6.92 Å². The van der Waals surface area contributed by atoms with E-state index in [2.05, 4.69) is 6.58 Å². The second-order valence-corrected chi connectivity index (χ2v) is 7.77. The Kier molecular flexibility index (Phi) is 4.36. The predicted octanol–water partition coefficient (Wildman–Crippen LogP) is 0.792. The lowest BCUT2D eigenvalue weighted by molar-refractivity contribution is -0.172. The molecule has 0 amide bonds. The first kappa shape index (κ1) is 17.0. The largest absolute Gasteiger partial charge is 0.456 e. The zero-order chi connectivity index (χ0) is 16.7. The minimum absolute atomic E-state index is 0.0643. The average molecular weight is 332 g/mol. The quantitative estimate of drug-likeness (QED) is 0.426. The molecule has 0 aromatic rings. The van der Waals surface area contributed by atoms with Gasteiger partial charge < -0.3 is 9.47 Å². The van der Waals surface area contributed by atoms with Gasteiger partial charge in [0.2, 0.25) is 0 Å². The molecule has 1 saturated heterocycles. The summed E-state index contributed by atoms with van der Waals surface area (Å²) in [7, 11) is -3.60. The van der Waals surface area contributed by atoms with Gasteiger partial charge in [-0.25, -0.2) is 9.59 Å². The lowest BCUT2D eigenvalue weighted by atomic mass is 9.93. The van der Waals surface area contributed by atoms with Crippen LogP contribution in [0.4, 0.5) is 0 Å². The summed E-state index contributed by atoms with van der Waals surface area (Å²) in [6.45, 7) is 7.83. The van der Waals surface area contributed by atoms with Gasteiger partial charge in [-0.15, -0.1) is 0 Å². The van der Waals surface area contributed by atoms with Crippen molar-refractivity contribution in [1.29, 1.82) is 0 Å². The number of hydrogen-bond donors (Lipinski definition) is 0. The van der Waals surface area contributed by atoms with Gasteiger partial charge in [0.15, 0.2) is 6.61 Å². The Balaban J connectivity index is 2.03. The Hall–Kier alpha value is -1.41. The Morgan fingerprint density at radius 3 is 2.59 bits per heavy atom. The molecule has 0 aromatic carbocycles. The van der Waals surface area contributed by atoms with Crippen molar-refractivity contribution in [2.45, 2.75) is 38.9 Å².